The van der Waals surface area contributed by atoms with Gasteiger partial charge in [0.1, 0.15) is 5.82 Å². The van der Waals surface area contributed by atoms with Crippen LogP contribution in [-0.2, 0) is 14.9 Å². The van der Waals surface area contributed by atoms with Gasteiger partial charge in [0.25, 0.3) is 0 Å². The molecular formula is C21H33FIN3O2. The van der Waals surface area contributed by atoms with Crippen molar-refractivity contribution < 1.29 is 13.9 Å². The first kappa shape index (κ1) is 23.3. The lowest BCUT2D eigenvalue weighted by atomic mass is 9.95. The quantitative estimate of drug-likeness (QED) is 0.242. The minimum absolute atomic E-state index is 0. The summed E-state index contributed by atoms with van der Waals surface area (Å²) in [6, 6.07) is 7.14. The molecule has 0 radical (unpaired) electrons. The van der Waals surface area contributed by atoms with E-state index in [1.165, 1.54) is 0 Å². The maximum Gasteiger partial charge on any atom is 0.193 e. The van der Waals surface area contributed by atoms with Crippen LogP contribution in [0.15, 0.2) is 29.3 Å². The van der Waals surface area contributed by atoms with Crippen LogP contribution >= 0.6 is 24.0 Å². The molecule has 158 valence electrons. The molecule has 1 atom stereocenters. The molecular weight excluding hydrogens is 472 g/mol. The van der Waals surface area contributed by atoms with Crippen molar-refractivity contribution in [2.45, 2.75) is 31.6 Å². The molecule has 1 aromatic carbocycles. The van der Waals surface area contributed by atoms with Crippen LogP contribution < -0.4 is 5.32 Å². The van der Waals surface area contributed by atoms with E-state index < -0.39 is 0 Å². The normalized spacial score (nSPS) is 20.8. The van der Waals surface area contributed by atoms with Crippen molar-refractivity contribution in [2.75, 3.05) is 53.1 Å². The third-order valence-corrected chi connectivity index (χ3v) is 5.54. The smallest absolute Gasteiger partial charge is 0.193 e. The van der Waals surface area contributed by atoms with Crippen LogP contribution in [0, 0.1) is 11.7 Å². The topological polar surface area (TPSA) is 46.1 Å². The zero-order valence-corrected chi connectivity index (χ0v) is 19.3. The number of halogens is 2. The van der Waals surface area contributed by atoms with E-state index >= 15 is 0 Å². The number of aliphatic imine (C=N–C) groups is 1. The number of nitrogens with one attached hydrogen (secondary N) is 1. The summed E-state index contributed by atoms with van der Waals surface area (Å²) in [5.74, 6) is 1.36. The Labute approximate surface area is 185 Å². The van der Waals surface area contributed by atoms with Crippen LogP contribution in [0.3, 0.4) is 0 Å². The van der Waals surface area contributed by atoms with Gasteiger partial charge >= 0.3 is 0 Å². The van der Waals surface area contributed by atoms with Gasteiger partial charge in [-0.2, -0.15) is 0 Å². The highest BCUT2D eigenvalue weighted by atomic mass is 127. The van der Waals surface area contributed by atoms with Crippen molar-refractivity contribution in [1.29, 1.82) is 0 Å². The van der Waals surface area contributed by atoms with Crippen LogP contribution in [0.5, 0.6) is 0 Å². The van der Waals surface area contributed by atoms with Gasteiger partial charge in [-0.05, 0) is 37.8 Å². The molecule has 0 amide bonds. The molecule has 1 saturated heterocycles. The van der Waals surface area contributed by atoms with Gasteiger partial charge in [-0.3, -0.25) is 4.99 Å². The third kappa shape index (κ3) is 6.03. The molecule has 1 N–H and O–H groups in total. The Morgan fingerprint density at radius 2 is 2.11 bits per heavy atom. The SMILES string of the molecule is CCNC(=NCC1(c2ccccc2F)CC1)N1CCC(COCCOC)C1.I. The largest absolute Gasteiger partial charge is 0.382 e. The number of hydrogen-bond donors (Lipinski definition) is 1. The lowest BCUT2D eigenvalue weighted by molar-refractivity contribution is 0.0536. The first-order valence-corrected chi connectivity index (χ1v) is 10.0. The molecule has 0 bridgehead atoms. The molecule has 5 nitrogen and oxygen atoms in total. The number of likely N-dealkylation sites (tertiary alicyclic amines) is 1. The zero-order valence-electron chi connectivity index (χ0n) is 17.0. The number of nitrogens with zero attached hydrogens (tertiary/aromatic N) is 2. The standard InChI is InChI=1S/C21H32FN3O2.HI/c1-3-23-20(25-11-8-17(14-25)15-27-13-12-26-2)24-16-21(9-10-21)18-6-4-5-7-19(18)22;/h4-7,17H,3,8-16H2,1-2H3,(H,23,24);1H. The van der Waals surface area contributed by atoms with Gasteiger partial charge in [-0.15, -0.1) is 24.0 Å². The molecule has 1 aliphatic heterocycles. The second-order valence-electron chi connectivity index (χ2n) is 7.60. The molecule has 0 spiro atoms. The fourth-order valence-corrected chi connectivity index (χ4v) is 3.76. The fourth-order valence-electron chi connectivity index (χ4n) is 3.76. The summed E-state index contributed by atoms with van der Waals surface area (Å²) in [5.41, 5.74) is 0.699. The van der Waals surface area contributed by atoms with Crippen LogP contribution in [0.4, 0.5) is 4.39 Å². The number of ether oxygens (including phenoxy) is 2. The Hall–Kier alpha value is -0.930. The highest BCUT2D eigenvalue weighted by Crippen LogP contribution is 2.49. The Balaban J connectivity index is 0.00000280. The van der Waals surface area contributed by atoms with E-state index in [0.29, 0.717) is 25.7 Å². The Bertz CT molecular complexity index is 640. The number of methoxy groups -OCH3 is 1. The summed E-state index contributed by atoms with van der Waals surface area (Å²) in [4.78, 5) is 7.21. The van der Waals surface area contributed by atoms with Crippen LogP contribution in [0.25, 0.3) is 0 Å². The van der Waals surface area contributed by atoms with Crippen LogP contribution in [-0.4, -0.2) is 64.0 Å². The molecule has 1 saturated carbocycles. The summed E-state index contributed by atoms with van der Waals surface area (Å²) < 4.78 is 24.9. The number of hydrogen-bond acceptors (Lipinski definition) is 3. The number of rotatable bonds is 9. The van der Waals surface area contributed by atoms with Crippen molar-refractivity contribution in [3.8, 4) is 0 Å². The Morgan fingerprint density at radius 1 is 1.32 bits per heavy atom. The van der Waals surface area contributed by atoms with E-state index in [4.69, 9.17) is 14.5 Å². The second-order valence-corrected chi connectivity index (χ2v) is 7.60. The lowest BCUT2D eigenvalue weighted by Crippen LogP contribution is -2.40. The first-order chi connectivity index (χ1) is 13.2. The van der Waals surface area contributed by atoms with Gasteiger partial charge < -0.3 is 19.7 Å². The van der Waals surface area contributed by atoms with Crippen LogP contribution in [0.1, 0.15) is 31.7 Å². The number of benzene rings is 1. The minimum Gasteiger partial charge on any atom is -0.382 e. The molecule has 2 fully saturated rings. The van der Waals surface area contributed by atoms with Gasteiger partial charge in [0.15, 0.2) is 5.96 Å². The fraction of sp³-hybridized carbons (Fsp3) is 0.667. The van der Waals surface area contributed by atoms with E-state index in [2.05, 4.69) is 17.1 Å². The van der Waals surface area contributed by atoms with Crippen molar-refractivity contribution >= 4 is 29.9 Å². The Kier molecular flexibility index (Phi) is 9.43. The van der Waals surface area contributed by atoms with Gasteiger partial charge in [-0.1, -0.05) is 18.2 Å². The molecule has 3 rings (SSSR count). The summed E-state index contributed by atoms with van der Waals surface area (Å²) in [6.45, 7) is 7.53. The van der Waals surface area contributed by atoms with Gasteiger partial charge in [0, 0.05) is 38.1 Å². The summed E-state index contributed by atoms with van der Waals surface area (Å²) in [7, 11) is 1.69. The molecule has 1 aromatic rings. The third-order valence-electron chi connectivity index (χ3n) is 5.54. The van der Waals surface area contributed by atoms with E-state index in [9.17, 15) is 4.39 Å². The monoisotopic (exact) mass is 505 g/mol. The lowest BCUT2D eigenvalue weighted by Gasteiger charge is -2.23. The van der Waals surface area contributed by atoms with Crippen molar-refractivity contribution in [2.24, 2.45) is 10.9 Å². The highest BCUT2D eigenvalue weighted by Gasteiger charge is 2.46. The van der Waals surface area contributed by atoms with Gasteiger partial charge in [0.05, 0.1) is 26.4 Å². The van der Waals surface area contributed by atoms with Crippen molar-refractivity contribution in [3.05, 3.63) is 35.6 Å². The summed E-state index contributed by atoms with van der Waals surface area (Å²) in [5, 5.41) is 3.41. The van der Waals surface area contributed by atoms with Crippen molar-refractivity contribution in [3.63, 3.8) is 0 Å². The molecule has 0 aromatic heterocycles. The number of guanidine groups is 1. The molecule has 1 unspecified atom stereocenters. The maximum absolute atomic E-state index is 14.2. The van der Waals surface area contributed by atoms with E-state index in [-0.39, 0.29) is 35.2 Å². The van der Waals surface area contributed by atoms with Crippen LogP contribution in [0.2, 0.25) is 0 Å². The zero-order chi connectivity index (χ0) is 19.1. The molecule has 1 aliphatic carbocycles. The summed E-state index contributed by atoms with van der Waals surface area (Å²) >= 11 is 0. The van der Waals surface area contributed by atoms with Gasteiger partial charge in [-0.25, -0.2) is 4.39 Å². The predicted octanol–water partition coefficient (Wildman–Crippen LogP) is 3.43. The average molecular weight is 505 g/mol. The Morgan fingerprint density at radius 3 is 2.79 bits per heavy atom. The molecule has 28 heavy (non-hydrogen) atoms. The predicted molar refractivity (Wildman–Crippen MR) is 121 cm³/mol. The average Bonchev–Trinajstić information content (AvgIpc) is 3.31. The van der Waals surface area contributed by atoms with E-state index in [1.54, 1.807) is 19.2 Å². The molecule has 7 heteroatoms. The van der Waals surface area contributed by atoms with E-state index in [1.807, 2.05) is 12.1 Å². The van der Waals surface area contributed by atoms with Gasteiger partial charge in [0.2, 0.25) is 0 Å². The summed E-state index contributed by atoms with van der Waals surface area (Å²) in [6.07, 6.45) is 3.12. The highest BCUT2D eigenvalue weighted by molar-refractivity contribution is 14.0. The molecule has 2 aliphatic rings. The molecule has 1 heterocycles. The first-order valence-electron chi connectivity index (χ1n) is 10.0. The van der Waals surface area contributed by atoms with Crippen molar-refractivity contribution in [1.82, 2.24) is 10.2 Å². The second kappa shape index (κ2) is 11.3. The minimum atomic E-state index is -0.117. The maximum atomic E-state index is 14.2. The van der Waals surface area contributed by atoms with E-state index in [0.717, 1.165) is 57.0 Å².